The zero-order chi connectivity index (χ0) is 22.3. The average Bonchev–Trinajstić information content (AvgIpc) is 2.63. The molecule has 12 heteroatoms. The number of nitriles is 1. The molecule has 1 saturated carbocycles. The second kappa shape index (κ2) is 8.01. The predicted molar refractivity (Wildman–Crippen MR) is 102 cm³/mol. The first-order valence-corrected chi connectivity index (χ1v) is 11.4. The van der Waals surface area contributed by atoms with Crippen LogP contribution in [-0.2, 0) is 25.9 Å². The van der Waals surface area contributed by atoms with Crippen LogP contribution in [0, 0.1) is 17.1 Å². The molecule has 2 aromatic rings. The van der Waals surface area contributed by atoms with Crippen molar-refractivity contribution in [3.8, 4) is 6.07 Å². The molecule has 0 heterocycles. The molecule has 0 bridgehead atoms. The fourth-order valence-electron chi connectivity index (χ4n) is 3.35. The molecule has 160 valence electrons. The Morgan fingerprint density at radius 3 is 2.33 bits per heavy atom. The number of hydrogen-bond acceptors (Lipinski definition) is 4. The zero-order valence-electron chi connectivity index (χ0n) is 14.9. The number of halogens is 5. The maximum Gasteiger partial charge on any atom is 0.511 e. The third-order valence-corrected chi connectivity index (χ3v) is 8.22. The lowest BCUT2D eigenvalue weighted by molar-refractivity contribution is -0.0455. The van der Waals surface area contributed by atoms with Crippen LogP contribution in [0.1, 0.15) is 24.0 Å². The fraction of sp³-hybridized carbons (Fsp3) is 0.278. The Balaban J connectivity index is 2.02. The molecular weight excluding hydrogens is 468 g/mol. The van der Waals surface area contributed by atoms with Crippen LogP contribution in [0.15, 0.2) is 47.4 Å². The van der Waals surface area contributed by atoms with E-state index in [1.54, 1.807) is 0 Å². The van der Waals surface area contributed by atoms with Crippen molar-refractivity contribution in [1.82, 2.24) is 4.72 Å². The Labute approximate surface area is 177 Å². The molecule has 0 aliphatic heterocycles. The third kappa shape index (κ3) is 4.15. The van der Waals surface area contributed by atoms with E-state index in [2.05, 4.69) is 0 Å². The molecule has 1 atom stereocenters. The van der Waals surface area contributed by atoms with Crippen molar-refractivity contribution >= 4 is 32.8 Å². The van der Waals surface area contributed by atoms with E-state index in [-0.39, 0.29) is 28.9 Å². The minimum Gasteiger partial charge on any atom is -0.611 e. The second-order valence-corrected chi connectivity index (χ2v) is 10.6. The first kappa shape index (κ1) is 22.8. The summed E-state index contributed by atoms with van der Waals surface area (Å²) in [5.74, 6) is -0.726. The van der Waals surface area contributed by atoms with Crippen molar-refractivity contribution in [2.24, 2.45) is 0 Å². The highest BCUT2D eigenvalue weighted by atomic mass is 35.5. The van der Waals surface area contributed by atoms with E-state index in [1.807, 2.05) is 6.07 Å². The Morgan fingerprint density at radius 2 is 1.80 bits per heavy atom. The van der Waals surface area contributed by atoms with Gasteiger partial charge >= 0.3 is 15.5 Å². The summed E-state index contributed by atoms with van der Waals surface area (Å²) < 4.78 is 88.3. The van der Waals surface area contributed by atoms with Gasteiger partial charge in [0.2, 0.25) is 0 Å². The molecule has 1 N–H and O–H groups in total. The fourth-order valence-corrected chi connectivity index (χ4v) is 6.13. The van der Waals surface area contributed by atoms with Gasteiger partial charge in [-0.05, 0) is 53.6 Å². The smallest absolute Gasteiger partial charge is 0.511 e. The molecular formula is C18H13ClF4N2O3S2. The van der Waals surface area contributed by atoms with Gasteiger partial charge in [-0.3, -0.25) is 0 Å². The molecule has 0 aromatic heterocycles. The standard InChI is InChI=1S/C18H13ClF4N2O3S2/c19-12-2-5-15(6-3-12)29(26)17(16-7-13(20)4-1-11(16)10-24)8-14(9-17)25-30(27,28)18(21,22)23/h1-7,14,25H,8-9H2. The quantitative estimate of drug-likeness (QED) is 0.518. The highest BCUT2D eigenvalue weighted by molar-refractivity contribution is 7.92. The van der Waals surface area contributed by atoms with Gasteiger partial charge in [0.25, 0.3) is 0 Å². The summed E-state index contributed by atoms with van der Waals surface area (Å²) >= 11 is 3.89. The highest BCUT2D eigenvalue weighted by Crippen LogP contribution is 2.52. The van der Waals surface area contributed by atoms with Gasteiger partial charge in [-0.2, -0.15) is 18.4 Å². The normalized spacial score (nSPS) is 22.8. The van der Waals surface area contributed by atoms with E-state index in [1.165, 1.54) is 35.1 Å². The van der Waals surface area contributed by atoms with Gasteiger partial charge in [0.15, 0.2) is 9.64 Å². The summed E-state index contributed by atoms with van der Waals surface area (Å²) in [5.41, 5.74) is -5.46. The number of nitrogens with one attached hydrogen (secondary N) is 1. The number of benzene rings is 2. The maximum absolute atomic E-state index is 13.9. The summed E-state index contributed by atoms with van der Waals surface area (Å²) in [6.45, 7) is 0. The van der Waals surface area contributed by atoms with Crippen LogP contribution in [0.5, 0.6) is 0 Å². The monoisotopic (exact) mass is 480 g/mol. The predicted octanol–water partition coefficient (Wildman–Crippen LogP) is 3.96. The Hall–Kier alpha value is -1.84. The largest absolute Gasteiger partial charge is 0.611 e. The van der Waals surface area contributed by atoms with Crippen LogP contribution >= 0.6 is 11.6 Å². The third-order valence-electron chi connectivity index (χ3n) is 4.75. The van der Waals surface area contributed by atoms with Gasteiger partial charge in [-0.1, -0.05) is 11.6 Å². The van der Waals surface area contributed by atoms with E-state index in [9.17, 15) is 35.8 Å². The minimum absolute atomic E-state index is 0.00385. The molecule has 1 aliphatic rings. The number of hydrogen-bond donors (Lipinski definition) is 1. The number of alkyl halides is 3. The summed E-state index contributed by atoms with van der Waals surface area (Å²) in [6, 6.07) is 9.68. The topological polar surface area (TPSA) is 93.0 Å². The number of nitrogens with zero attached hydrogens (tertiary/aromatic N) is 1. The summed E-state index contributed by atoms with van der Waals surface area (Å²) in [7, 11) is -5.62. The van der Waals surface area contributed by atoms with Crippen molar-refractivity contribution < 1.29 is 30.5 Å². The molecule has 1 fully saturated rings. The van der Waals surface area contributed by atoms with E-state index in [0.717, 1.165) is 12.1 Å². The second-order valence-electron chi connectivity index (χ2n) is 6.69. The zero-order valence-corrected chi connectivity index (χ0v) is 17.3. The van der Waals surface area contributed by atoms with Crippen molar-refractivity contribution in [3.05, 3.63) is 64.4 Å². The lowest BCUT2D eigenvalue weighted by Crippen LogP contribution is -2.58. The van der Waals surface area contributed by atoms with Crippen molar-refractivity contribution in [3.63, 3.8) is 0 Å². The Bertz CT molecular complexity index is 1100. The van der Waals surface area contributed by atoms with Gasteiger partial charge in [0.05, 0.1) is 11.6 Å². The molecule has 2 aromatic carbocycles. The van der Waals surface area contributed by atoms with Crippen molar-refractivity contribution in [1.29, 1.82) is 5.26 Å². The van der Waals surface area contributed by atoms with Gasteiger partial charge in [0, 0.05) is 29.5 Å². The first-order chi connectivity index (χ1) is 13.9. The summed E-state index contributed by atoms with van der Waals surface area (Å²) in [6.07, 6.45) is -0.647. The van der Waals surface area contributed by atoms with Gasteiger partial charge in [0.1, 0.15) is 5.82 Å². The van der Waals surface area contributed by atoms with Crippen LogP contribution in [0.25, 0.3) is 0 Å². The molecule has 0 radical (unpaired) electrons. The maximum atomic E-state index is 13.9. The lowest BCUT2D eigenvalue weighted by Gasteiger charge is -2.47. The first-order valence-electron chi connectivity index (χ1n) is 8.36. The number of rotatable bonds is 5. The molecule has 1 unspecified atom stereocenters. The van der Waals surface area contributed by atoms with Crippen LogP contribution in [0.2, 0.25) is 5.02 Å². The summed E-state index contributed by atoms with van der Waals surface area (Å²) in [5, 5.41) is 9.75. The highest BCUT2D eigenvalue weighted by Gasteiger charge is 2.59. The molecule has 30 heavy (non-hydrogen) atoms. The van der Waals surface area contributed by atoms with E-state index in [4.69, 9.17) is 11.6 Å². The van der Waals surface area contributed by atoms with Crippen molar-refractivity contribution in [2.45, 2.75) is 34.0 Å². The molecule has 0 saturated heterocycles. The lowest BCUT2D eigenvalue weighted by atomic mass is 9.74. The molecule has 0 spiro atoms. The molecule has 0 amide bonds. The minimum atomic E-state index is -5.62. The average molecular weight is 481 g/mol. The van der Waals surface area contributed by atoms with E-state index < -0.39 is 43.3 Å². The Kier molecular flexibility index (Phi) is 6.10. The number of sulfonamides is 1. The van der Waals surface area contributed by atoms with Crippen LogP contribution in [-0.4, -0.2) is 24.5 Å². The Morgan fingerprint density at radius 1 is 1.20 bits per heavy atom. The van der Waals surface area contributed by atoms with Gasteiger partial charge in [-0.15, -0.1) is 0 Å². The molecule has 1 aliphatic carbocycles. The molecule has 3 rings (SSSR count). The van der Waals surface area contributed by atoms with E-state index >= 15 is 0 Å². The van der Waals surface area contributed by atoms with Gasteiger partial charge < -0.3 is 4.55 Å². The van der Waals surface area contributed by atoms with E-state index in [0.29, 0.717) is 5.02 Å². The van der Waals surface area contributed by atoms with Gasteiger partial charge in [-0.25, -0.2) is 17.5 Å². The van der Waals surface area contributed by atoms with Crippen LogP contribution < -0.4 is 4.72 Å². The molecule has 5 nitrogen and oxygen atoms in total. The SMILES string of the molecule is N#Cc1ccc(F)cc1C1([S+]([O-])c2ccc(Cl)cc2)CC(NS(=O)(=O)C(F)(F)F)C1. The van der Waals surface area contributed by atoms with Crippen molar-refractivity contribution in [2.75, 3.05) is 0 Å². The van der Waals surface area contributed by atoms with Crippen LogP contribution in [0.3, 0.4) is 0 Å². The van der Waals surface area contributed by atoms with Crippen LogP contribution in [0.4, 0.5) is 17.6 Å². The summed E-state index contributed by atoms with van der Waals surface area (Å²) in [4.78, 5) is 0.254.